The summed E-state index contributed by atoms with van der Waals surface area (Å²) in [5, 5.41) is 17.9. The minimum absolute atomic E-state index is 0.00181. The zero-order valence-corrected chi connectivity index (χ0v) is 12.9. The van der Waals surface area contributed by atoms with Crippen LogP contribution in [0.1, 0.15) is 22.4 Å². The number of rotatable bonds is 3. The molecular weight excluding hydrogens is 276 g/mol. The second kappa shape index (κ2) is 5.69. The second-order valence-corrected chi connectivity index (χ2v) is 5.43. The summed E-state index contributed by atoms with van der Waals surface area (Å²) in [5.74, 6) is 0.708. The Labute approximate surface area is 129 Å². The number of imidazole rings is 1. The maximum Gasteiger partial charge on any atom is 0.182 e. The van der Waals surface area contributed by atoms with Crippen molar-refractivity contribution in [3.05, 3.63) is 58.9 Å². The monoisotopic (exact) mass is 294 g/mol. The van der Waals surface area contributed by atoms with Gasteiger partial charge >= 0.3 is 0 Å². The number of benzene rings is 1. The summed E-state index contributed by atoms with van der Waals surface area (Å²) >= 11 is 0. The van der Waals surface area contributed by atoms with Crippen molar-refractivity contribution in [1.82, 2.24) is 9.38 Å². The van der Waals surface area contributed by atoms with E-state index in [1.807, 2.05) is 48.7 Å². The van der Waals surface area contributed by atoms with E-state index >= 15 is 0 Å². The van der Waals surface area contributed by atoms with Crippen LogP contribution in [0.5, 0.6) is 0 Å². The van der Waals surface area contributed by atoms with Gasteiger partial charge in [-0.25, -0.2) is 4.98 Å². The molecule has 0 atom stereocenters. The fourth-order valence-corrected chi connectivity index (χ4v) is 2.43. The largest absolute Gasteiger partial charge is 0.392 e. The van der Waals surface area contributed by atoms with Gasteiger partial charge in [-0.05, 0) is 50.1 Å². The number of nitrogens with zero attached hydrogens (tertiary/aromatic N) is 4. The number of hydrogen-bond acceptors (Lipinski definition) is 4. The first-order valence-corrected chi connectivity index (χ1v) is 7.16. The molecule has 0 aliphatic rings. The standard InChI is InChI=1S/C17H18N4O/c1-11-4-5-15(12(2)8-11)19-20-17-13(3)18-16-9-14(10-22)6-7-21(16)17/h4-9,22H,10H2,1-3H3. The summed E-state index contributed by atoms with van der Waals surface area (Å²) in [7, 11) is 0. The molecule has 3 rings (SSSR count). The molecule has 0 aliphatic heterocycles. The molecule has 0 fully saturated rings. The molecule has 5 heteroatoms. The van der Waals surface area contributed by atoms with E-state index in [1.165, 1.54) is 5.56 Å². The van der Waals surface area contributed by atoms with Gasteiger partial charge in [-0.3, -0.25) is 4.40 Å². The summed E-state index contributed by atoms with van der Waals surface area (Å²) in [5.41, 5.74) is 5.56. The van der Waals surface area contributed by atoms with E-state index in [1.54, 1.807) is 0 Å². The van der Waals surface area contributed by atoms with Crippen LogP contribution in [0.15, 0.2) is 46.8 Å². The zero-order chi connectivity index (χ0) is 15.7. The van der Waals surface area contributed by atoms with Crippen molar-refractivity contribution in [2.24, 2.45) is 10.2 Å². The highest BCUT2D eigenvalue weighted by Gasteiger charge is 2.08. The van der Waals surface area contributed by atoms with Crippen LogP contribution in [0.4, 0.5) is 11.5 Å². The maximum atomic E-state index is 9.20. The Balaban J connectivity index is 2.03. The summed E-state index contributed by atoms with van der Waals surface area (Å²) in [6.07, 6.45) is 1.86. The van der Waals surface area contributed by atoms with Gasteiger partial charge in [-0.2, -0.15) is 0 Å². The third-order valence-corrected chi connectivity index (χ3v) is 3.62. The molecule has 1 aromatic carbocycles. The third-order valence-electron chi connectivity index (χ3n) is 3.62. The molecule has 1 N–H and O–H groups in total. The lowest BCUT2D eigenvalue weighted by Gasteiger charge is -2.01. The van der Waals surface area contributed by atoms with Crippen molar-refractivity contribution in [3.63, 3.8) is 0 Å². The van der Waals surface area contributed by atoms with Crippen molar-refractivity contribution in [3.8, 4) is 0 Å². The number of aromatic nitrogens is 2. The van der Waals surface area contributed by atoms with E-state index in [0.717, 1.165) is 28.2 Å². The van der Waals surface area contributed by atoms with Crippen molar-refractivity contribution in [2.75, 3.05) is 0 Å². The lowest BCUT2D eigenvalue weighted by molar-refractivity contribution is 0.282. The number of aliphatic hydroxyl groups is 1. The minimum atomic E-state index is 0.00181. The molecule has 0 saturated heterocycles. The van der Waals surface area contributed by atoms with Crippen LogP contribution in [0.25, 0.3) is 5.65 Å². The molecule has 3 aromatic rings. The molecule has 0 bridgehead atoms. The molecule has 22 heavy (non-hydrogen) atoms. The molecule has 0 spiro atoms. The maximum absolute atomic E-state index is 9.20. The van der Waals surface area contributed by atoms with Crippen LogP contribution in [0.2, 0.25) is 0 Å². The van der Waals surface area contributed by atoms with Crippen molar-refractivity contribution >= 4 is 17.2 Å². The number of hydrogen-bond donors (Lipinski definition) is 1. The zero-order valence-electron chi connectivity index (χ0n) is 12.9. The van der Waals surface area contributed by atoms with Crippen LogP contribution in [-0.2, 0) is 6.61 Å². The number of azo groups is 1. The lowest BCUT2D eigenvalue weighted by Crippen LogP contribution is -1.88. The molecule has 5 nitrogen and oxygen atoms in total. The normalized spacial score (nSPS) is 11.6. The molecular formula is C17H18N4O. The number of fused-ring (bicyclic) bond motifs is 1. The fourth-order valence-electron chi connectivity index (χ4n) is 2.43. The van der Waals surface area contributed by atoms with Crippen molar-refractivity contribution in [1.29, 1.82) is 0 Å². The molecule has 2 heterocycles. The average molecular weight is 294 g/mol. The first-order chi connectivity index (χ1) is 10.6. The smallest absolute Gasteiger partial charge is 0.182 e. The Morgan fingerprint density at radius 3 is 2.64 bits per heavy atom. The Kier molecular flexibility index (Phi) is 3.73. The van der Waals surface area contributed by atoms with Gasteiger partial charge in [-0.1, -0.05) is 17.7 Å². The van der Waals surface area contributed by atoms with E-state index in [4.69, 9.17) is 0 Å². The van der Waals surface area contributed by atoms with Crippen molar-refractivity contribution < 1.29 is 5.11 Å². The van der Waals surface area contributed by atoms with E-state index < -0.39 is 0 Å². The summed E-state index contributed by atoms with van der Waals surface area (Å²) in [4.78, 5) is 4.47. The Morgan fingerprint density at radius 2 is 1.91 bits per heavy atom. The van der Waals surface area contributed by atoms with Gasteiger partial charge in [-0.15, -0.1) is 10.2 Å². The van der Waals surface area contributed by atoms with Gasteiger partial charge in [0.15, 0.2) is 5.82 Å². The summed E-state index contributed by atoms with van der Waals surface area (Å²) in [6.45, 7) is 5.99. The van der Waals surface area contributed by atoms with Crippen LogP contribution in [0, 0.1) is 20.8 Å². The number of pyridine rings is 1. The molecule has 0 saturated carbocycles. The van der Waals surface area contributed by atoms with E-state index in [9.17, 15) is 5.11 Å². The fraction of sp³-hybridized carbons (Fsp3) is 0.235. The van der Waals surface area contributed by atoms with Crippen LogP contribution < -0.4 is 0 Å². The highest BCUT2D eigenvalue weighted by Crippen LogP contribution is 2.26. The number of aliphatic hydroxyl groups excluding tert-OH is 1. The molecule has 0 radical (unpaired) electrons. The molecule has 0 amide bonds. The highest BCUT2D eigenvalue weighted by molar-refractivity contribution is 5.53. The summed E-state index contributed by atoms with van der Waals surface area (Å²) in [6, 6.07) is 9.78. The van der Waals surface area contributed by atoms with Gasteiger partial charge in [0.2, 0.25) is 0 Å². The third kappa shape index (κ3) is 2.63. The topological polar surface area (TPSA) is 62.2 Å². The minimum Gasteiger partial charge on any atom is -0.392 e. The molecule has 0 aliphatic carbocycles. The second-order valence-electron chi connectivity index (χ2n) is 5.43. The van der Waals surface area contributed by atoms with Crippen molar-refractivity contribution in [2.45, 2.75) is 27.4 Å². The van der Waals surface area contributed by atoms with Gasteiger partial charge in [0.1, 0.15) is 5.65 Å². The predicted molar refractivity (Wildman–Crippen MR) is 85.9 cm³/mol. The Morgan fingerprint density at radius 1 is 1.09 bits per heavy atom. The highest BCUT2D eigenvalue weighted by atomic mass is 16.3. The quantitative estimate of drug-likeness (QED) is 0.737. The predicted octanol–water partition coefficient (Wildman–Crippen LogP) is 4.17. The molecule has 112 valence electrons. The molecule has 0 unspecified atom stereocenters. The SMILES string of the molecule is Cc1ccc(N=Nc2c(C)nc3cc(CO)ccn23)c(C)c1. The van der Waals surface area contributed by atoms with Gasteiger partial charge < -0.3 is 5.11 Å². The summed E-state index contributed by atoms with van der Waals surface area (Å²) < 4.78 is 1.88. The first-order valence-electron chi connectivity index (χ1n) is 7.16. The van der Waals surface area contributed by atoms with E-state index in [2.05, 4.69) is 28.2 Å². The Bertz CT molecular complexity index is 864. The van der Waals surface area contributed by atoms with E-state index in [-0.39, 0.29) is 6.61 Å². The molecule has 2 aromatic heterocycles. The van der Waals surface area contributed by atoms with E-state index in [0.29, 0.717) is 5.82 Å². The van der Waals surface area contributed by atoms with Gasteiger partial charge in [0, 0.05) is 6.20 Å². The van der Waals surface area contributed by atoms with Gasteiger partial charge in [0.25, 0.3) is 0 Å². The van der Waals surface area contributed by atoms with Crippen LogP contribution in [-0.4, -0.2) is 14.5 Å². The lowest BCUT2D eigenvalue weighted by atomic mass is 10.1. The Hall–Kier alpha value is -2.53. The number of aryl methyl sites for hydroxylation is 3. The van der Waals surface area contributed by atoms with Crippen LogP contribution >= 0.6 is 0 Å². The van der Waals surface area contributed by atoms with Crippen LogP contribution in [0.3, 0.4) is 0 Å². The van der Waals surface area contributed by atoms with Gasteiger partial charge in [0.05, 0.1) is 18.0 Å². The average Bonchev–Trinajstić information content (AvgIpc) is 2.81. The first kappa shape index (κ1) is 14.4.